The highest BCUT2D eigenvalue weighted by Gasteiger charge is 2.27. The van der Waals surface area contributed by atoms with Gasteiger partial charge >= 0.3 is 5.97 Å². The fourth-order valence-electron chi connectivity index (χ4n) is 2.47. The molecule has 1 unspecified atom stereocenters. The molecule has 1 saturated heterocycles. The Bertz CT molecular complexity index is 399. The largest absolute Gasteiger partial charge is 0.480 e. The minimum atomic E-state index is -0.686. The zero-order valence-electron chi connectivity index (χ0n) is 10.3. The Kier molecular flexibility index (Phi) is 4.78. The summed E-state index contributed by atoms with van der Waals surface area (Å²) in [6.45, 7) is 1.86. The van der Waals surface area contributed by atoms with Crippen LogP contribution < -0.4 is 0 Å². The highest BCUT2D eigenvalue weighted by molar-refractivity contribution is 9.10. The average molecular weight is 312 g/mol. The van der Waals surface area contributed by atoms with Crippen LogP contribution in [0.15, 0.2) is 28.7 Å². The molecule has 0 radical (unpaired) electrons. The van der Waals surface area contributed by atoms with Crippen LogP contribution in [0.1, 0.15) is 24.8 Å². The summed E-state index contributed by atoms with van der Waals surface area (Å²) in [4.78, 5) is 13.4. The van der Waals surface area contributed by atoms with E-state index < -0.39 is 5.97 Å². The number of carbonyl (C=O) groups is 1. The Morgan fingerprint density at radius 2 is 1.89 bits per heavy atom. The van der Waals surface area contributed by atoms with Gasteiger partial charge in [-0.2, -0.15) is 0 Å². The molecule has 1 aromatic carbocycles. The number of likely N-dealkylation sites (tertiary alicyclic amines) is 1. The molecule has 0 bridgehead atoms. The lowest BCUT2D eigenvalue weighted by Gasteiger charge is -2.23. The molecule has 1 aliphatic rings. The summed E-state index contributed by atoms with van der Waals surface area (Å²) in [6.07, 6.45) is 3.77. The van der Waals surface area contributed by atoms with Crippen molar-refractivity contribution in [3.63, 3.8) is 0 Å². The van der Waals surface area contributed by atoms with Gasteiger partial charge < -0.3 is 5.11 Å². The second kappa shape index (κ2) is 6.34. The van der Waals surface area contributed by atoms with E-state index >= 15 is 0 Å². The predicted molar refractivity (Wildman–Crippen MR) is 74.7 cm³/mol. The van der Waals surface area contributed by atoms with E-state index in [4.69, 9.17) is 0 Å². The number of hydrogen-bond donors (Lipinski definition) is 1. The quantitative estimate of drug-likeness (QED) is 0.909. The molecule has 1 aliphatic heterocycles. The van der Waals surface area contributed by atoms with Crippen molar-refractivity contribution in [3.8, 4) is 0 Å². The van der Waals surface area contributed by atoms with Crippen LogP contribution in [0, 0.1) is 0 Å². The minimum absolute atomic E-state index is 0.323. The molecule has 0 aromatic heterocycles. The molecule has 1 N–H and O–H groups in total. The number of carboxylic acids is 1. The van der Waals surface area contributed by atoms with Crippen LogP contribution in [0.4, 0.5) is 0 Å². The number of aliphatic carboxylic acids is 1. The van der Waals surface area contributed by atoms with Gasteiger partial charge in [-0.1, -0.05) is 28.1 Å². The fourth-order valence-corrected chi connectivity index (χ4v) is 2.73. The van der Waals surface area contributed by atoms with E-state index in [0.29, 0.717) is 6.42 Å². The van der Waals surface area contributed by atoms with E-state index in [-0.39, 0.29) is 6.04 Å². The van der Waals surface area contributed by atoms with Crippen molar-refractivity contribution in [2.75, 3.05) is 13.1 Å². The smallest absolute Gasteiger partial charge is 0.320 e. The first-order valence-electron chi connectivity index (χ1n) is 6.38. The molecule has 1 heterocycles. The van der Waals surface area contributed by atoms with E-state index in [1.54, 1.807) is 0 Å². The van der Waals surface area contributed by atoms with Crippen molar-refractivity contribution in [1.82, 2.24) is 4.90 Å². The number of carboxylic acid groups (broad SMARTS) is 1. The van der Waals surface area contributed by atoms with Crippen LogP contribution in [0.3, 0.4) is 0 Å². The molecule has 98 valence electrons. The van der Waals surface area contributed by atoms with Gasteiger partial charge in [-0.05, 0) is 56.5 Å². The van der Waals surface area contributed by atoms with Crippen molar-refractivity contribution < 1.29 is 9.90 Å². The standard InChI is InChI=1S/C14H18BrNO2/c15-12-6-3-11(4-7-12)5-8-13(14(17)18)16-9-1-2-10-16/h3-4,6-7,13H,1-2,5,8-10H2,(H,17,18). The molecular weight excluding hydrogens is 294 g/mol. The normalized spacial score (nSPS) is 17.8. The number of halogens is 1. The molecule has 2 rings (SSSR count). The van der Waals surface area contributed by atoms with E-state index in [9.17, 15) is 9.90 Å². The Balaban J connectivity index is 1.93. The molecule has 4 heteroatoms. The minimum Gasteiger partial charge on any atom is -0.480 e. The van der Waals surface area contributed by atoms with E-state index in [1.807, 2.05) is 24.3 Å². The van der Waals surface area contributed by atoms with Crippen LogP contribution in [0.2, 0.25) is 0 Å². The Hall–Kier alpha value is -0.870. The van der Waals surface area contributed by atoms with Crippen LogP contribution >= 0.6 is 15.9 Å². The van der Waals surface area contributed by atoms with E-state index in [1.165, 1.54) is 5.56 Å². The molecule has 0 aliphatic carbocycles. The van der Waals surface area contributed by atoms with Crippen LogP contribution in [-0.2, 0) is 11.2 Å². The molecule has 0 saturated carbocycles. The monoisotopic (exact) mass is 311 g/mol. The van der Waals surface area contributed by atoms with Gasteiger partial charge in [-0.3, -0.25) is 9.69 Å². The SMILES string of the molecule is O=C(O)C(CCc1ccc(Br)cc1)N1CCCC1. The lowest BCUT2D eigenvalue weighted by Crippen LogP contribution is -2.39. The lowest BCUT2D eigenvalue weighted by atomic mass is 10.0. The predicted octanol–water partition coefficient (Wildman–Crippen LogP) is 2.93. The molecule has 3 nitrogen and oxygen atoms in total. The third-order valence-corrected chi connectivity index (χ3v) is 4.01. The highest BCUT2D eigenvalue weighted by Crippen LogP contribution is 2.18. The van der Waals surface area contributed by atoms with E-state index in [2.05, 4.69) is 20.8 Å². The summed E-state index contributed by atoms with van der Waals surface area (Å²) in [6, 6.07) is 7.78. The van der Waals surface area contributed by atoms with Crippen molar-refractivity contribution in [2.24, 2.45) is 0 Å². The number of benzene rings is 1. The maximum Gasteiger partial charge on any atom is 0.320 e. The lowest BCUT2D eigenvalue weighted by molar-refractivity contribution is -0.143. The summed E-state index contributed by atoms with van der Waals surface area (Å²) in [5, 5.41) is 9.31. The topological polar surface area (TPSA) is 40.5 Å². The average Bonchev–Trinajstić information content (AvgIpc) is 2.85. The van der Waals surface area contributed by atoms with Gasteiger partial charge in [0.15, 0.2) is 0 Å². The molecule has 1 fully saturated rings. The zero-order chi connectivity index (χ0) is 13.0. The second-order valence-corrected chi connectivity index (χ2v) is 5.68. The van der Waals surface area contributed by atoms with Gasteiger partial charge in [-0.15, -0.1) is 0 Å². The second-order valence-electron chi connectivity index (χ2n) is 4.76. The summed E-state index contributed by atoms with van der Waals surface area (Å²) >= 11 is 3.40. The molecule has 0 spiro atoms. The molecule has 0 amide bonds. The van der Waals surface area contributed by atoms with Crippen LogP contribution in [0.25, 0.3) is 0 Å². The third-order valence-electron chi connectivity index (χ3n) is 3.49. The zero-order valence-corrected chi connectivity index (χ0v) is 11.9. The van der Waals surface area contributed by atoms with Crippen molar-refractivity contribution in [3.05, 3.63) is 34.3 Å². The third kappa shape index (κ3) is 3.56. The van der Waals surface area contributed by atoms with Crippen LogP contribution in [0.5, 0.6) is 0 Å². The van der Waals surface area contributed by atoms with Crippen molar-refractivity contribution in [1.29, 1.82) is 0 Å². The van der Waals surface area contributed by atoms with Gasteiger partial charge in [-0.25, -0.2) is 0 Å². The molecule has 18 heavy (non-hydrogen) atoms. The number of nitrogens with zero attached hydrogens (tertiary/aromatic N) is 1. The maximum atomic E-state index is 11.3. The van der Waals surface area contributed by atoms with Gasteiger partial charge in [0.2, 0.25) is 0 Å². The van der Waals surface area contributed by atoms with Gasteiger partial charge in [0, 0.05) is 4.47 Å². The van der Waals surface area contributed by atoms with E-state index in [0.717, 1.165) is 36.8 Å². The molecule has 1 atom stereocenters. The first kappa shape index (κ1) is 13.6. The highest BCUT2D eigenvalue weighted by atomic mass is 79.9. The summed E-state index contributed by atoms with van der Waals surface area (Å²) in [5.74, 6) is -0.686. The summed E-state index contributed by atoms with van der Waals surface area (Å²) in [7, 11) is 0. The van der Waals surface area contributed by atoms with Crippen LogP contribution in [-0.4, -0.2) is 35.1 Å². The van der Waals surface area contributed by atoms with Gasteiger partial charge in [0.25, 0.3) is 0 Å². The Morgan fingerprint density at radius 3 is 2.44 bits per heavy atom. The first-order chi connectivity index (χ1) is 8.66. The number of hydrogen-bond acceptors (Lipinski definition) is 2. The molecular formula is C14H18BrNO2. The number of rotatable bonds is 5. The van der Waals surface area contributed by atoms with Crippen molar-refractivity contribution in [2.45, 2.75) is 31.7 Å². The fraction of sp³-hybridized carbons (Fsp3) is 0.500. The number of aryl methyl sites for hydroxylation is 1. The van der Waals surface area contributed by atoms with Gasteiger partial charge in [0.1, 0.15) is 6.04 Å². The Morgan fingerprint density at radius 1 is 1.28 bits per heavy atom. The Labute approximate surface area is 116 Å². The maximum absolute atomic E-state index is 11.3. The summed E-state index contributed by atoms with van der Waals surface area (Å²) in [5.41, 5.74) is 1.20. The van der Waals surface area contributed by atoms with Crippen molar-refractivity contribution >= 4 is 21.9 Å². The molecule has 1 aromatic rings. The first-order valence-corrected chi connectivity index (χ1v) is 7.17. The summed E-state index contributed by atoms with van der Waals surface area (Å²) < 4.78 is 1.06. The van der Waals surface area contributed by atoms with Gasteiger partial charge in [0.05, 0.1) is 0 Å².